The average molecular weight is 275 g/mol. The van der Waals surface area contributed by atoms with E-state index in [4.69, 9.17) is 21.7 Å². The molecule has 0 aliphatic heterocycles. The first-order valence-corrected chi connectivity index (χ1v) is 6.45. The van der Waals surface area contributed by atoms with Gasteiger partial charge in [0.25, 0.3) is 6.01 Å². The van der Waals surface area contributed by atoms with Crippen LogP contribution in [0.15, 0.2) is 24.3 Å². The number of rotatable bonds is 4. The molecular formula is C13H13N3O2S. The lowest BCUT2D eigenvalue weighted by atomic mass is 10.2. The molecule has 1 aliphatic carbocycles. The van der Waals surface area contributed by atoms with Crippen LogP contribution in [0.3, 0.4) is 0 Å². The van der Waals surface area contributed by atoms with E-state index in [1.54, 1.807) is 0 Å². The van der Waals surface area contributed by atoms with Gasteiger partial charge >= 0.3 is 0 Å². The lowest BCUT2D eigenvalue weighted by Gasteiger charge is -2.06. The molecule has 1 aromatic heterocycles. The molecule has 2 aromatic rings. The van der Waals surface area contributed by atoms with Gasteiger partial charge in [-0.3, -0.25) is 4.98 Å². The number of H-pyrrole nitrogens is 1. The molecule has 6 heteroatoms. The van der Waals surface area contributed by atoms with Gasteiger partial charge in [-0.15, -0.1) is 0 Å². The minimum Gasteiger partial charge on any atom is -0.490 e. The minimum absolute atomic E-state index is 0.254. The molecule has 0 spiro atoms. The van der Waals surface area contributed by atoms with Crippen molar-refractivity contribution in [2.75, 3.05) is 7.11 Å². The van der Waals surface area contributed by atoms with E-state index in [2.05, 4.69) is 15.0 Å². The van der Waals surface area contributed by atoms with Crippen LogP contribution in [0.5, 0.6) is 11.8 Å². The zero-order valence-electron chi connectivity index (χ0n) is 10.4. The van der Waals surface area contributed by atoms with Gasteiger partial charge in [0.1, 0.15) is 11.6 Å². The Hall–Kier alpha value is -1.95. The van der Waals surface area contributed by atoms with Crippen LogP contribution >= 0.6 is 12.2 Å². The van der Waals surface area contributed by atoms with E-state index in [9.17, 15) is 0 Å². The SMILES string of the molecule is COc1nc(=S)nc(-c2ccc(OC3CC3)cc2)[nH]1. The molecule has 0 bridgehead atoms. The Morgan fingerprint density at radius 3 is 2.58 bits per heavy atom. The first-order chi connectivity index (χ1) is 9.24. The molecule has 0 saturated heterocycles. The molecule has 3 rings (SSSR count). The third kappa shape index (κ3) is 2.90. The lowest BCUT2D eigenvalue weighted by Crippen LogP contribution is -1.98. The van der Waals surface area contributed by atoms with E-state index in [1.165, 1.54) is 7.11 Å². The highest BCUT2D eigenvalue weighted by atomic mass is 32.1. The summed E-state index contributed by atoms with van der Waals surface area (Å²) < 4.78 is 11.0. The quantitative estimate of drug-likeness (QED) is 0.869. The smallest absolute Gasteiger partial charge is 0.297 e. The zero-order chi connectivity index (χ0) is 13.2. The van der Waals surface area contributed by atoms with Crippen LogP contribution in [-0.4, -0.2) is 28.2 Å². The second-order valence-corrected chi connectivity index (χ2v) is 4.70. The van der Waals surface area contributed by atoms with E-state index < -0.39 is 0 Å². The topological polar surface area (TPSA) is 60.0 Å². The fraction of sp³-hybridized carbons (Fsp3) is 0.308. The number of aromatic amines is 1. The molecule has 0 unspecified atom stereocenters. The van der Waals surface area contributed by atoms with Gasteiger partial charge in [-0.1, -0.05) is 0 Å². The van der Waals surface area contributed by atoms with Crippen molar-refractivity contribution >= 4 is 12.2 Å². The van der Waals surface area contributed by atoms with Gasteiger partial charge in [0.05, 0.1) is 13.2 Å². The molecule has 0 atom stereocenters. The van der Waals surface area contributed by atoms with Crippen LogP contribution in [0, 0.1) is 4.77 Å². The Balaban J connectivity index is 1.88. The summed E-state index contributed by atoms with van der Waals surface area (Å²) in [5, 5.41) is 0. The van der Waals surface area contributed by atoms with Gasteiger partial charge in [0.15, 0.2) is 0 Å². The van der Waals surface area contributed by atoms with Crippen LogP contribution in [0.25, 0.3) is 11.4 Å². The number of benzene rings is 1. The minimum atomic E-state index is 0.254. The average Bonchev–Trinajstić information content (AvgIpc) is 3.23. The molecule has 1 aromatic carbocycles. The summed E-state index contributed by atoms with van der Waals surface area (Å²) >= 11 is 5.00. The van der Waals surface area contributed by atoms with Crippen molar-refractivity contribution in [1.82, 2.24) is 15.0 Å². The highest BCUT2D eigenvalue weighted by Gasteiger charge is 2.23. The number of nitrogens with zero attached hydrogens (tertiary/aromatic N) is 2. The van der Waals surface area contributed by atoms with Crippen molar-refractivity contribution in [2.45, 2.75) is 18.9 Å². The van der Waals surface area contributed by atoms with E-state index in [1.807, 2.05) is 24.3 Å². The van der Waals surface area contributed by atoms with Gasteiger partial charge in [-0.05, 0) is 49.3 Å². The number of methoxy groups -OCH3 is 1. The highest BCUT2D eigenvalue weighted by molar-refractivity contribution is 7.71. The summed E-state index contributed by atoms with van der Waals surface area (Å²) in [5.41, 5.74) is 0.912. The van der Waals surface area contributed by atoms with Gasteiger partial charge in [-0.25, -0.2) is 4.98 Å². The van der Waals surface area contributed by atoms with Gasteiger partial charge in [0.2, 0.25) is 4.77 Å². The number of hydrogen-bond acceptors (Lipinski definition) is 5. The predicted molar refractivity (Wildman–Crippen MR) is 72.9 cm³/mol. The molecule has 0 radical (unpaired) electrons. The van der Waals surface area contributed by atoms with E-state index in [-0.39, 0.29) is 4.77 Å². The summed E-state index contributed by atoms with van der Waals surface area (Å²) in [6.45, 7) is 0. The van der Waals surface area contributed by atoms with Crippen molar-refractivity contribution in [3.8, 4) is 23.1 Å². The Morgan fingerprint density at radius 2 is 1.95 bits per heavy atom. The normalized spacial score (nSPS) is 14.2. The number of ether oxygens (including phenoxy) is 2. The van der Waals surface area contributed by atoms with Crippen LogP contribution in [-0.2, 0) is 0 Å². The summed E-state index contributed by atoms with van der Waals surface area (Å²) in [6, 6.07) is 8.08. The van der Waals surface area contributed by atoms with Crippen molar-refractivity contribution in [3.05, 3.63) is 29.0 Å². The fourth-order valence-electron chi connectivity index (χ4n) is 1.67. The molecule has 1 saturated carbocycles. The Morgan fingerprint density at radius 1 is 1.21 bits per heavy atom. The van der Waals surface area contributed by atoms with Gasteiger partial charge < -0.3 is 9.47 Å². The molecule has 19 heavy (non-hydrogen) atoms. The third-order valence-corrected chi connectivity index (χ3v) is 2.96. The monoisotopic (exact) mass is 275 g/mol. The van der Waals surface area contributed by atoms with Crippen molar-refractivity contribution in [2.24, 2.45) is 0 Å². The highest BCUT2D eigenvalue weighted by Crippen LogP contribution is 2.28. The van der Waals surface area contributed by atoms with E-state index in [0.717, 1.165) is 24.2 Å². The van der Waals surface area contributed by atoms with E-state index in [0.29, 0.717) is 17.9 Å². The van der Waals surface area contributed by atoms with Crippen molar-refractivity contribution in [1.29, 1.82) is 0 Å². The maximum atomic E-state index is 5.70. The molecule has 1 fully saturated rings. The first kappa shape index (κ1) is 12.1. The van der Waals surface area contributed by atoms with Crippen LogP contribution < -0.4 is 9.47 Å². The number of nitrogens with one attached hydrogen (secondary N) is 1. The van der Waals surface area contributed by atoms with Crippen molar-refractivity contribution in [3.63, 3.8) is 0 Å². The fourth-order valence-corrected chi connectivity index (χ4v) is 1.84. The number of aromatic nitrogens is 3. The van der Waals surface area contributed by atoms with Crippen LogP contribution in [0.2, 0.25) is 0 Å². The largest absolute Gasteiger partial charge is 0.490 e. The van der Waals surface area contributed by atoms with Crippen molar-refractivity contribution < 1.29 is 9.47 Å². The Labute approximate surface area is 115 Å². The molecular weight excluding hydrogens is 262 g/mol. The molecule has 0 amide bonds. The van der Waals surface area contributed by atoms with Crippen LogP contribution in [0.1, 0.15) is 12.8 Å². The summed E-state index contributed by atoms with van der Waals surface area (Å²) in [5.74, 6) is 1.51. The maximum absolute atomic E-state index is 5.70. The Bertz CT molecular complexity index is 635. The molecule has 1 heterocycles. The Kier molecular flexibility index (Phi) is 3.16. The molecule has 1 N–H and O–H groups in total. The lowest BCUT2D eigenvalue weighted by molar-refractivity contribution is 0.303. The van der Waals surface area contributed by atoms with E-state index >= 15 is 0 Å². The second kappa shape index (κ2) is 4.97. The predicted octanol–water partition coefficient (Wildman–Crippen LogP) is 2.75. The summed E-state index contributed by atoms with van der Waals surface area (Å²) in [6.07, 6.45) is 2.70. The standard InChI is InChI=1S/C13H13N3O2S/c1-17-12-14-11(15-13(19)16-12)8-2-4-9(5-3-8)18-10-6-7-10/h2-5,10H,6-7H2,1H3,(H,14,15,16,19). The first-order valence-electron chi connectivity index (χ1n) is 6.04. The van der Waals surface area contributed by atoms with Gasteiger partial charge in [-0.2, -0.15) is 4.98 Å². The zero-order valence-corrected chi connectivity index (χ0v) is 11.2. The number of hydrogen-bond donors (Lipinski definition) is 1. The molecule has 5 nitrogen and oxygen atoms in total. The maximum Gasteiger partial charge on any atom is 0.297 e. The summed E-state index contributed by atoms with van der Waals surface area (Å²) in [7, 11) is 1.53. The summed E-state index contributed by atoms with van der Waals surface area (Å²) in [4.78, 5) is 11.1. The molecule has 98 valence electrons. The van der Waals surface area contributed by atoms with Crippen LogP contribution in [0.4, 0.5) is 0 Å². The molecule has 1 aliphatic rings. The second-order valence-electron chi connectivity index (χ2n) is 4.33. The van der Waals surface area contributed by atoms with Gasteiger partial charge in [0, 0.05) is 5.56 Å². The third-order valence-electron chi connectivity index (χ3n) is 2.78.